The monoisotopic (exact) mass is 839 g/mol. The number of ether oxygens (including phenoxy) is 4. The minimum Gasteiger partial charge on any atom is -0.457 e. The molecule has 60 heavy (non-hydrogen) atoms. The van der Waals surface area contributed by atoms with Crippen molar-refractivity contribution in [3.8, 4) is 0 Å². The Labute approximate surface area is 364 Å². The zero-order valence-electron chi connectivity index (χ0n) is 37.2. The average Bonchev–Trinajstić information content (AvgIpc) is 3.25. The summed E-state index contributed by atoms with van der Waals surface area (Å²) in [6, 6.07) is 0. The van der Waals surface area contributed by atoms with Crippen molar-refractivity contribution in [2.24, 2.45) is 0 Å². The van der Waals surface area contributed by atoms with Gasteiger partial charge in [-0.3, -0.25) is 4.79 Å². The van der Waals surface area contributed by atoms with Crippen LogP contribution in [0.2, 0.25) is 0 Å². The van der Waals surface area contributed by atoms with Gasteiger partial charge in [0.1, 0.15) is 30.5 Å². The van der Waals surface area contributed by atoms with Crippen LogP contribution in [0, 0.1) is 0 Å². The number of esters is 1. The van der Waals surface area contributed by atoms with Crippen molar-refractivity contribution >= 4 is 5.97 Å². The van der Waals surface area contributed by atoms with Gasteiger partial charge in [-0.25, -0.2) is 0 Å². The molecule has 0 aromatic rings. The van der Waals surface area contributed by atoms with Crippen LogP contribution in [0.15, 0.2) is 109 Å². The molecule has 0 aromatic heterocycles. The fourth-order valence-electron chi connectivity index (χ4n) is 6.15. The molecule has 0 amide bonds. The third-order valence-corrected chi connectivity index (χ3v) is 9.68. The number of carbonyl (C=O) groups excluding carboxylic acids is 1. The Morgan fingerprint density at radius 1 is 0.533 bits per heavy atom. The average molecular weight is 839 g/mol. The lowest BCUT2D eigenvalue weighted by Gasteiger charge is -2.39. The van der Waals surface area contributed by atoms with E-state index in [1.54, 1.807) is 0 Å². The molecule has 340 valence electrons. The molecule has 1 saturated heterocycles. The second-order valence-electron chi connectivity index (χ2n) is 15.1. The lowest BCUT2D eigenvalue weighted by molar-refractivity contribution is -0.305. The summed E-state index contributed by atoms with van der Waals surface area (Å²) in [5.41, 5.74) is 0. The predicted molar refractivity (Wildman–Crippen MR) is 246 cm³/mol. The number of hydrogen-bond acceptors (Lipinski definition) is 9. The molecule has 6 atom stereocenters. The molecule has 9 heteroatoms. The van der Waals surface area contributed by atoms with E-state index in [0.29, 0.717) is 13.0 Å². The summed E-state index contributed by atoms with van der Waals surface area (Å²) < 4.78 is 22.8. The van der Waals surface area contributed by atoms with Gasteiger partial charge >= 0.3 is 5.97 Å². The van der Waals surface area contributed by atoms with Crippen LogP contribution in [-0.4, -0.2) is 89.6 Å². The number of carbonyl (C=O) groups is 1. The maximum Gasteiger partial charge on any atom is 0.306 e. The summed E-state index contributed by atoms with van der Waals surface area (Å²) in [6.45, 7) is 4.21. The van der Waals surface area contributed by atoms with Crippen LogP contribution in [0.4, 0.5) is 0 Å². The van der Waals surface area contributed by atoms with Gasteiger partial charge < -0.3 is 39.4 Å². The van der Waals surface area contributed by atoms with Crippen molar-refractivity contribution in [1.82, 2.24) is 0 Å². The standard InChI is InChI=1S/C51H82O9/c1-3-5-7-9-11-13-15-17-19-21-22-23-25-27-29-31-33-35-37-39-41-57-43-45(44-58-51-50(56)49(55)48(54)46(42-52)60-51)59-47(53)40-38-36-34-32-30-28-26-24-20-18-16-14-12-10-8-6-4-2/h5-8,11-14,17-20,22-23,26-29,45-46,48-52,54-56H,3-4,9-10,15-16,21,24-25,30-44H2,1-2H3/b7-5-,8-6-,13-11-,14-12-,19-17-,20-18-,23-22-,28-26-,29-27-. The molecule has 0 saturated carbocycles. The summed E-state index contributed by atoms with van der Waals surface area (Å²) in [5, 5.41) is 40.1. The number of rotatable bonds is 37. The highest BCUT2D eigenvalue weighted by molar-refractivity contribution is 5.69. The first-order chi connectivity index (χ1) is 29.4. The molecule has 0 bridgehead atoms. The lowest BCUT2D eigenvalue weighted by atomic mass is 9.99. The summed E-state index contributed by atoms with van der Waals surface area (Å²) in [5.74, 6) is -0.352. The van der Waals surface area contributed by atoms with Crippen molar-refractivity contribution in [3.63, 3.8) is 0 Å². The van der Waals surface area contributed by atoms with Gasteiger partial charge in [-0.15, -0.1) is 0 Å². The van der Waals surface area contributed by atoms with Crippen molar-refractivity contribution in [2.45, 2.75) is 179 Å². The van der Waals surface area contributed by atoms with Gasteiger partial charge in [0.05, 0.1) is 19.8 Å². The number of allylic oxidation sites excluding steroid dienone is 18. The second kappa shape index (κ2) is 41.2. The summed E-state index contributed by atoms with van der Waals surface area (Å²) in [7, 11) is 0. The van der Waals surface area contributed by atoms with E-state index in [-0.39, 0.29) is 25.6 Å². The van der Waals surface area contributed by atoms with Crippen LogP contribution in [0.5, 0.6) is 0 Å². The molecule has 0 radical (unpaired) electrons. The van der Waals surface area contributed by atoms with E-state index in [1.165, 1.54) is 0 Å². The molecule has 1 heterocycles. The Hall–Kier alpha value is -3.15. The van der Waals surface area contributed by atoms with Crippen molar-refractivity contribution in [1.29, 1.82) is 0 Å². The Morgan fingerprint density at radius 2 is 0.967 bits per heavy atom. The predicted octanol–water partition coefficient (Wildman–Crippen LogP) is 10.6. The van der Waals surface area contributed by atoms with Gasteiger partial charge in [0.2, 0.25) is 0 Å². The zero-order valence-corrected chi connectivity index (χ0v) is 37.2. The number of hydrogen-bond donors (Lipinski definition) is 4. The first kappa shape index (κ1) is 54.9. The fourth-order valence-corrected chi connectivity index (χ4v) is 6.15. The maximum atomic E-state index is 12.8. The van der Waals surface area contributed by atoms with Crippen LogP contribution >= 0.6 is 0 Å². The van der Waals surface area contributed by atoms with Crippen LogP contribution in [-0.2, 0) is 23.7 Å². The van der Waals surface area contributed by atoms with Crippen LogP contribution in [0.3, 0.4) is 0 Å². The molecular weight excluding hydrogens is 757 g/mol. The van der Waals surface area contributed by atoms with Crippen molar-refractivity contribution < 1.29 is 44.2 Å². The molecule has 4 N–H and O–H groups in total. The second-order valence-corrected chi connectivity index (χ2v) is 15.1. The molecule has 1 rings (SSSR count). The quantitative estimate of drug-likeness (QED) is 0.0274. The van der Waals surface area contributed by atoms with Gasteiger partial charge in [-0.05, 0) is 96.3 Å². The minimum atomic E-state index is -1.55. The van der Waals surface area contributed by atoms with E-state index in [2.05, 4.69) is 123 Å². The fraction of sp³-hybridized carbons (Fsp3) is 0.627. The Balaban J connectivity index is 2.32. The lowest BCUT2D eigenvalue weighted by Crippen LogP contribution is -2.59. The van der Waals surface area contributed by atoms with Crippen molar-refractivity contribution in [2.75, 3.05) is 26.4 Å². The van der Waals surface area contributed by atoms with Crippen LogP contribution in [0.1, 0.15) is 142 Å². The zero-order chi connectivity index (χ0) is 43.6. The summed E-state index contributed by atoms with van der Waals surface area (Å²) in [4.78, 5) is 12.8. The largest absolute Gasteiger partial charge is 0.457 e. The molecule has 1 aliphatic rings. The van der Waals surface area contributed by atoms with E-state index in [0.717, 1.165) is 116 Å². The topological polar surface area (TPSA) is 135 Å². The first-order valence-electron chi connectivity index (χ1n) is 23.0. The van der Waals surface area contributed by atoms with E-state index < -0.39 is 43.4 Å². The summed E-state index contributed by atoms with van der Waals surface area (Å²) >= 11 is 0. The summed E-state index contributed by atoms with van der Waals surface area (Å²) in [6.07, 6.45) is 51.1. The minimum absolute atomic E-state index is 0.109. The van der Waals surface area contributed by atoms with Gasteiger partial charge in [0.25, 0.3) is 0 Å². The van der Waals surface area contributed by atoms with Crippen LogP contribution in [0.25, 0.3) is 0 Å². The maximum absolute atomic E-state index is 12.8. The van der Waals surface area contributed by atoms with Crippen LogP contribution < -0.4 is 0 Å². The third kappa shape index (κ3) is 31.7. The highest BCUT2D eigenvalue weighted by atomic mass is 16.7. The number of aliphatic hydroxyl groups is 4. The van der Waals surface area contributed by atoms with E-state index in [1.807, 2.05) is 0 Å². The SMILES string of the molecule is CC/C=C\C/C=C\C/C=C\C/C=C\C/C=C\CCCCCCOCC(COC1OC(CO)C(O)C(O)C1O)OC(=O)CCCCCC/C=C\C/C=C\C/C=C\C/C=C\CC. The molecule has 0 aliphatic carbocycles. The molecule has 1 fully saturated rings. The molecule has 9 nitrogen and oxygen atoms in total. The van der Waals surface area contributed by atoms with Crippen molar-refractivity contribution in [3.05, 3.63) is 109 Å². The highest BCUT2D eigenvalue weighted by Crippen LogP contribution is 2.22. The Bertz CT molecular complexity index is 1270. The Morgan fingerprint density at radius 3 is 1.43 bits per heavy atom. The molecule has 0 spiro atoms. The first-order valence-corrected chi connectivity index (χ1v) is 23.0. The van der Waals surface area contributed by atoms with Gasteiger partial charge in [0, 0.05) is 13.0 Å². The number of unbranched alkanes of at least 4 members (excludes halogenated alkanes) is 8. The van der Waals surface area contributed by atoms with Gasteiger partial charge in [-0.1, -0.05) is 149 Å². The third-order valence-electron chi connectivity index (χ3n) is 9.68. The van der Waals surface area contributed by atoms with E-state index >= 15 is 0 Å². The van der Waals surface area contributed by atoms with Gasteiger partial charge in [-0.2, -0.15) is 0 Å². The number of aliphatic hydroxyl groups excluding tert-OH is 4. The smallest absolute Gasteiger partial charge is 0.306 e. The Kier molecular flexibility index (Phi) is 37.7. The normalized spacial score (nSPS) is 21.1. The molecular formula is C51H82O9. The highest BCUT2D eigenvalue weighted by Gasteiger charge is 2.44. The molecule has 1 aliphatic heterocycles. The van der Waals surface area contributed by atoms with E-state index in [4.69, 9.17) is 18.9 Å². The van der Waals surface area contributed by atoms with Gasteiger partial charge in [0.15, 0.2) is 6.29 Å². The molecule has 6 unspecified atom stereocenters. The van der Waals surface area contributed by atoms with E-state index in [9.17, 15) is 25.2 Å². The molecule has 0 aromatic carbocycles.